The van der Waals surface area contributed by atoms with Crippen molar-refractivity contribution in [1.82, 2.24) is 24.5 Å². The second kappa shape index (κ2) is 7.84. The molecule has 160 valence electrons. The minimum absolute atomic E-state index is 0.220. The zero-order chi connectivity index (χ0) is 21.5. The number of nitrogens with zero attached hydrogens (tertiary/aromatic N) is 5. The molecule has 31 heavy (non-hydrogen) atoms. The lowest BCUT2D eigenvalue weighted by atomic mass is 9.87. The van der Waals surface area contributed by atoms with Crippen molar-refractivity contribution in [1.29, 1.82) is 0 Å². The monoisotopic (exact) mass is 442 g/mol. The number of aryl methyl sites for hydroxylation is 1. The van der Waals surface area contributed by atoms with Gasteiger partial charge in [-0.3, -0.25) is 4.79 Å². The van der Waals surface area contributed by atoms with Crippen LogP contribution in [-0.4, -0.2) is 50.4 Å². The van der Waals surface area contributed by atoms with Crippen molar-refractivity contribution in [2.45, 2.75) is 25.7 Å². The summed E-state index contributed by atoms with van der Waals surface area (Å²) in [7, 11) is 1.44. The van der Waals surface area contributed by atoms with Gasteiger partial charge >= 0.3 is 0 Å². The van der Waals surface area contributed by atoms with Gasteiger partial charge in [-0.05, 0) is 43.0 Å². The maximum atomic E-state index is 12.7. The van der Waals surface area contributed by atoms with E-state index in [9.17, 15) is 13.6 Å². The number of amides is 1. The predicted molar refractivity (Wildman–Crippen MR) is 115 cm³/mol. The van der Waals surface area contributed by atoms with Crippen molar-refractivity contribution >= 4 is 44.5 Å². The van der Waals surface area contributed by atoms with E-state index >= 15 is 0 Å². The molecule has 1 aliphatic rings. The highest BCUT2D eigenvalue weighted by Gasteiger charge is 2.31. The van der Waals surface area contributed by atoms with Gasteiger partial charge in [0.05, 0.1) is 17.4 Å². The van der Waals surface area contributed by atoms with Gasteiger partial charge in [0.25, 0.3) is 6.43 Å². The third-order valence-corrected chi connectivity index (χ3v) is 6.81. The standard InChI is InChI=1S/C21H20F2N6OS/c1-28(10-17(22)23)21(30)12-2-3-15-16(8-12)31-20-18(15)19(24-11-25-20)27-13-5-7-29-14(9-13)4-6-26-29/h4-7,9,11-12,17H,2-3,8,10H2,1H3,(H,24,25,27)/t12-/m0/s1. The van der Waals surface area contributed by atoms with E-state index in [-0.39, 0.29) is 11.8 Å². The number of pyridine rings is 1. The van der Waals surface area contributed by atoms with Crippen molar-refractivity contribution in [3.8, 4) is 0 Å². The minimum Gasteiger partial charge on any atom is -0.340 e. The van der Waals surface area contributed by atoms with E-state index in [4.69, 9.17) is 0 Å². The molecule has 1 atom stereocenters. The SMILES string of the molecule is CN(CC(F)F)C(=O)[C@H]1CCc2c(sc3ncnc(Nc4ccn5nccc5c4)c23)C1. The molecule has 1 N–H and O–H groups in total. The summed E-state index contributed by atoms with van der Waals surface area (Å²) < 4.78 is 27.1. The van der Waals surface area contributed by atoms with Gasteiger partial charge in [-0.1, -0.05) is 0 Å². The first kappa shape index (κ1) is 19.8. The van der Waals surface area contributed by atoms with Gasteiger partial charge in [0.15, 0.2) is 0 Å². The fraction of sp³-hybridized carbons (Fsp3) is 0.333. The smallest absolute Gasteiger partial charge is 0.255 e. The van der Waals surface area contributed by atoms with Crippen molar-refractivity contribution < 1.29 is 13.6 Å². The molecule has 0 saturated heterocycles. The minimum atomic E-state index is -2.52. The van der Waals surface area contributed by atoms with Gasteiger partial charge in [0.2, 0.25) is 5.91 Å². The highest BCUT2D eigenvalue weighted by molar-refractivity contribution is 7.19. The number of anilines is 2. The largest absolute Gasteiger partial charge is 0.340 e. The maximum absolute atomic E-state index is 12.7. The van der Waals surface area contributed by atoms with Crippen molar-refractivity contribution in [3.05, 3.63) is 47.4 Å². The molecule has 10 heteroatoms. The topological polar surface area (TPSA) is 75.4 Å². The Bertz CT molecular complexity index is 1270. The summed E-state index contributed by atoms with van der Waals surface area (Å²) in [6, 6.07) is 5.85. The fourth-order valence-electron chi connectivity index (χ4n) is 4.16. The highest BCUT2D eigenvalue weighted by atomic mass is 32.1. The molecule has 4 heterocycles. The molecule has 1 aliphatic carbocycles. The third-order valence-electron chi connectivity index (χ3n) is 5.64. The van der Waals surface area contributed by atoms with Crippen LogP contribution in [0.4, 0.5) is 20.3 Å². The maximum Gasteiger partial charge on any atom is 0.255 e. The summed E-state index contributed by atoms with van der Waals surface area (Å²) in [5, 5.41) is 8.58. The molecule has 0 spiro atoms. The zero-order valence-electron chi connectivity index (χ0n) is 16.8. The molecule has 5 rings (SSSR count). The Morgan fingerprint density at radius 3 is 3.10 bits per heavy atom. The molecule has 7 nitrogen and oxygen atoms in total. The van der Waals surface area contributed by atoms with E-state index in [1.807, 2.05) is 24.4 Å². The first-order valence-electron chi connectivity index (χ1n) is 9.98. The average molecular weight is 442 g/mol. The van der Waals surface area contributed by atoms with Crippen LogP contribution in [0.1, 0.15) is 16.9 Å². The van der Waals surface area contributed by atoms with Crippen molar-refractivity contribution in [2.24, 2.45) is 5.92 Å². The molecule has 4 aromatic heterocycles. The molecule has 1 amide bonds. The lowest BCUT2D eigenvalue weighted by Crippen LogP contribution is -2.38. The molecule has 0 aliphatic heterocycles. The zero-order valence-corrected chi connectivity index (χ0v) is 17.6. The Labute approximate surface area is 180 Å². The molecular formula is C21H20F2N6OS. The van der Waals surface area contributed by atoms with Crippen molar-refractivity contribution in [3.63, 3.8) is 0 Å². The molecule has 0 aromatic carbocycles. The van der Waals surface area contributed by atoms with Crippen LogP contribution in [0.2, 0.25) is 0 Å². The Hall–Kier alpha value is -3.14. The fourth-order valence-corrected chi connectivity index (χ4v) is 5.43. The quantitative estimate of drug-likeness (QED) is 0.507. The van der Waals surface area contributed by atoms with Gasteiger partial charge in [-0.25, -0.2) is 23.3 Å². The predicted octanol–water partition coefficient (Wildman–Crippen LogP) is 3.91. The van der Waals surface area contributed by atoms with Gasteiger partial charge < -0.3 is 10.2 Å². The van der Waals surface area contributed by atoms with Gasteiger partial charge in [-0.15, -0.1) is 11.3 Å². The highest BCUT2D eigenvalue weighted by Crippen LogP contribution is 2.40. The number of carbonyl (C=O) groups is 1. The van der Waals surface area contributed by atoms with Crippen LogP contribution in [0, 0.1) is 5.92 Å². The molecule has 0 radical (unpaired) electrons. The van der Waals surface area contributed by atoms with Gasteiger partial charge in [-0.2, -0.15) is 5.10 Å². The normalized spacial score (nSPS) is 16.1. The van der Waals surface area contributed by atoms with Crippen LogP contribution in [0.3, 0.4) is 0 Å². The summed E-state index contributed by atoms with van der Waals surface area (Å²) in [5.41, 5.74) is 3.01. The first-order valence-corrected chi connectivity index (χ1v) is 10.8. The summed E-state index contributed by atoms with van der Waals surface area (Å²) in [5.74, 6) is 0.228. The van der Waals surface area contributed by atoms with E-state index in [1.165, 1.54) is 13.4 Å². The summed E-state index contributed by atoms with van der Waals surface area (Å²) in [4.78, 5) is 24.6. The number of halogens is 2. The Kier molecular flexibility index (Phi) is 5.01. The number of thiophene rings is 1. The van der Waals surface area contributed by atoms with Crippen molar-refractivity contribution in [2.75, 3.05) is 18.9 Å². The van der Waals surface area contributed by atoms with E-state index in [0.29, 0.717) is 19.3 Å². The number of hydrogen-bond donors (Lipinski definition) is 1. The van der Waals surface area contributed by atoms with Crippen LogP contribution in [-0.2, 0) is 17.6 Å². The number of aromatic nitrogens is 4. The van der Waals surface area contributed by atoms with Gasteiger partial charge in [0.1, 0.15) is 17.0 Å². The molecule has 0 saturated carbocycles. The molecule has 4 aromatic rings. The second-order valence-electron chi connectivity index (χ2n) is 7.70. The van der Waals surface area contributed by atoms with Crippen LogP contribution in [0.15, 0.2) is 36.9 Å². The Morgan fingerprint density at radius 2 is 2.26 bits per heavy atom. The lowest BCUT2D eigenvalue weighted by Gasteiger charge is -2.26. The van der Waals surface area contributed by atoms with E-state index in [0.717, 1.165) is 42.6 Å². The summed E-state index contributed by atoms with van der Waals surface area (Å²) in [6.07, 6.45) is 4.49. The Morgan fingerprint density at radius 1 is 1.39 bits per heavy atom. The second-order valence-corrected chi connectivity index (χ2v) is 8.78. The van der Waals surface area contributed by atoms with Gasteiger partial charge in [0, 0.05) is 35.9 Å². The summed E-state index contributed by atoms with van der Waals surface area (Å²) in [6.45, 7) is -0.532. The van der Waals surface area contributed by atoms with Crippen LogP contribution < -0.4 is 5.32 Å². The number of rotatable bonds is 5. The molecule has 0 bridgehead atoms. The van der Waals surface area contributed by atoms with E-state index in [2.05, 4.69) is 20.4 Å². The van der Waals surface area contributed by atoms with Crippen LogP contribution in [0.5, 0.6) is 0 Å². The number of alkyl halides is 2. The number of hydrogen-bond acceptors (Lipinski definition) is 6. The lowest BCUT2D eigenvalue weighted by molar-refractivity contribution is -0.136. The van der Waals surface area contributed by atoms with Crippen LogP contribution in [0.25, 0.3) is 15.7 Å². The number of fused-ring (bicyclic) bond motifs is 4. The number of carbonyl (C=O) groups excluding carboxylic acids is 1. The molecule has 0 unspecified atom stereocenters. The molecule has 0 fully saturated rings. The third kappa shape index (κ3) is 3.71. The Balaban J connectivity index is 1.43. The number of nitrogens with one attached hydrogen (secondary N) is 1. The van der Waals surface area contributed by atoms with Crippen LogP contribution >= 0.6 is 11.3 Å². The summed E-state index contributed by atoms with van der Waals surface area (Å²) >= 11 is 1.55. The first-order chi connectivity index (χ1) is 15.0. The average Bonchev–Trinajstić information content (AvgIpc) is 3.36. The van der Waals surface area contributed by atoms with E-state index in [1.54, 1.807) is 22.0 Å². The van der Waals surface area contributed by atoms with E-state index < -0.39 is 13.0 Å². The molecular weight excluding hydrogens is 422 g/mol.